The molecule has 92 valence electrons. The summed E-state index contributed by atoms with van der Waals surface area (Å²) in [6.45, 7) is 3.93. The van der Waals surface area contributed by atoms with E-state index in [-0.39, 0.29) is 5.75 Å². The van der Waals surface area contributed by atoms with Crippen molar-refractivity contribution < 1.29 is 5.11 Å². The molecule has 0 saturated heterocycles. The summed E-state index contributed by atoms with van der Waals surface area (Å²) in [5.41, 5.74) is 3.53. The first-order chi connectivity index (χ1) is 8.65. The normalized spacial score (nSPS) is 11.1. The quantitative estimate of drug-likeness (QED) is 0.799. The van der Waals surface area contributed by atoms with Crippen LogP contribution in [0.2, 0.25) is 5.02 Å². The van der Waals surface area contributed by atoms with Crippen molar-refractivity contribution >= 4 is 17.7 Å². The van der Waals surface area contributed by atoms with Gasteiger partial charge in [0.15, 0.2) is 0 Å². The van der Waals surface area contributed by atoms with Crippen LogP contribution in [0.4, 0.5) is 0 Å². The highest BCUT2D eigenvalue weighted by Crippen LogP contribution is 2.40. The van der Waals surface area contributed by atoms with Crippen molar-refractivity contribution in [3.8, 4) is 16.9 Å². The number of rotatable bonds is 2. The minimum Gasteiger partial charge on any atom is -0.507 e. The maximum absolute atomic E-state index is 10.3. The van der Waals surface area contributed by atoms with Crippen LogP contribution in [0, 0.1) is 6.92 Å². The van der Waals surface area contributed by atoms with Gasteiger partial charge in [0.05, 0.1) is 5.02 Å². The lowest BCUT2D eigenvalue weighted by atomic mass is 9.97. The summed E-state index contributed by atoms with van der Waals surface area (Å²) in [5, 5.41) is 10.9. The van der Waals surface area contributed by atoms with Crippen LogP contribution in [-0.4, -0.2) is 5.11 Å². The summed E-state index contributed by atoms with van der Waals surface area (Å²) in [5.74, 6) is 0.231. The molecule has 18 heavy (non-hydrogen) atoms. The van der Waals surface area contributed by atoms with Crippen molar-refractivity contribution in [3.05, 3.63) is 58.6 Å². The monoisotopic (exact) mass is 258 g/mol. The molecule has 0 saturated carbocycles. The second-order valence-corrected chi connectivity index (χ2v) is 4.58. The Labute approximate surface area is 112 Å². The number of aromatic hydroxyl groups is 1. The highest BCUT2D eigenvalue weighted by molar-refractivity contribution is 6.33. The number of hydrogen-bond acceptors (Lipinski definition) is 1. The lowest BCUT2D eigenvalue weighted by Gasteiger charge is -2.12. The average Bonchev–Trinajstić information content (AvgIpc) is 2.35. The van der Waals surface area contributed by atoms with Gasteiger partial charge < -0.3 is 5.11 Å². The zero-order valence-corrected chi connectivity index (χ0v) is 11.2. The Balaban J connectivity index is 2.71. The molecule has 1 nitrogen and oxygen atoms in total. The molecule has 0 fully saturated rings. The molecule has 0 bridgehead atoms. The van der Waals surface area contributed by atoms with Crippen LogP contribution in [0.15, 0.2) is 42.5 Å². The van der Waals surface area contributed by atoms with E-state index in [9.17, 15) is 5.11 Å². The summed E-state index contributed by atoms with van der Waals surface area (Å²) < 4.78 is 0. The van der Waals surface area contributed by atoms with Crippen molar-refractivity contribution in [1.82, 2.24) is 0 Å². The first-order valence-electron chi connectivity index (χ1n) is 5.85. The molecule has 0 radical (unpaired) electrons. The van der Waals surface area contributed by atoms with Crippen molar-refractivity contribution in [2.75, 3.05) is 0 Å². The SMILES string of the molecule is C/C=C\c1ccc(Cl)c(-c2ccccc2C)c1O. The fraction of sp³-hybridized carbons (Fsp3) is 0.125. The molecular formula is C16H15ClO. The van der Waals surface area contributed by atoms with E-state index < -0.39 is 0 Å². The standard InChI is InChI=1S/C16H15ClO/c1-3-6-12-9-10-14(17)15(16(12)18)13-8-5-4-7-11(13)2/h3-10,18H,1-2H3/b6-3-. The predicted octanol–water partition coefficient (Wildman–Crippen LogP) is 5.05. The van der Waals surface area contributed by atoms with Gasteiger partial charge in [-0.2, -0.15) is 0 Å². The first kappa shape index (κ1) is 12.7. The minimum atomic E-state index is 0.231. The number of phenolic OH excluding ortho intramolecular Hbond substituents is 1. The third-order valence-electron chi connectivity index (χ3n) is 2.92. The van der Waals surface area contributed by atoms with Crippen molar-refractivity contribution in [2.24, 2.45) is 0 Å². The van der Waals surface area contributed by atoms with E-state index in [4.69, 9.17) is 11.6 Å². The molecule has 0 amide bonds. The van der Waals surface area contributed by atoms with Crippen molar-refractivity contribution in [1.29, 1.82) is 0 Å². The van der Waals surface area contributed by atoms with Crippen LogP contribution < -0.4 is 0 Å². The second-order valence-electron chi connectivity index (χ2n) is 4.18. The molecule has 0 spiro atoms. The molecule has 0 heterocycles. The van der Waals surface area contributed by atoms with Crippen molar-refractivity contribution in [3.63, 3.8) is 0 Å². The number of allylic oxidation sites excluding steroid dienone is 1. The second kappa shape index (κ2) is 5.28. The molecule has 1 N–H and O–H groups in total. The molecule has 0 unspecified atom stereocenters. The van der Waals surface area contributed by atoms with Crippen LogP contribution >= 0.6 is 11.6 Å². The maximum Gasteiger partial charge on any atom is 0.132 e. The molecular weight excluding hydrogens is 244 g/mol. The Morgan fingerprint density at radius 1 is 1.11 bits per heavy atom. The van der Waals surface area contributed by atoms with Gasteiger partial charge in [0.2, 0.25) is 0 Å². The molecule has 2 rings (SSSR count). The highest BCUT2D eigenvalue weighted by Gasteiger charge is 2.13. The van der Waals surface area contributed by atoms with Gasteiger partial charge in [0.1, 0.15) is 5.75 Å². The van der Waals surface area contributed by atoms with Gasteiger partial charge in [-0.15, -0.1) is 0 Å². The van der Waals surface area contributed by atoms with E-state index >= 15 is 0 Å². The van der Waals surface area contributed by atoms with E-state index in [0.717, 1.165) is 16.7 Å². The van der Waals surface area contributed by atoms with E-state index in [1.54, 1.807) is 0 Å². The van der Waals surface area contributed by atoms with Gasteiger partial charge >= 0.3 is 0 Å². The average molecular weight is 259 g/mol. The van der Waals surface area contributed by atoms with Gasteiger partial charge in [-0.25, -0.2) is 0 Å². The van der Waals surface area contributed by atoms with Crippen molar-refractivity contribution in [2.45, 2.75) is 13.8 Å². The number of aryl methyl sites for hydroxylation is 1. The van der Waals surface area contributed by atoms with E-state index in [2.05, 4.69) is 0 Å². The highest BCUT2D eigenvalue weighted by atomic mass is 35.5. The summed E-state index contributed by atoms with van der Waals surface area (Å²) in [6.07, 6.45) is 3.76. The number of halogens is 1. The molecule has 2 aromatic rings. The largest absolute Gasteiger partial charge is 0.507 e. The molecule has 0 aliphatic rings. The number of hydrogen-bond donors (Lipinski definition) is 1. The summed E-state index contributed by atoms with van der Waals surface area (Å²) in [4.78, 5) is 0. The van der Waals surface area contributed by atoms with Crippen LogP contribution in [-0.2, 0) is 0 Å². The molecule has 0 aliphatic carbocycles. The van der Waals surface area contributed by atoms with Crippen LogP contribution in [0.5, 0.6) is 5.75 Å². The van der Waals surface area contributed by atoms with E-state index in [1.165, 1.54) is 0 Å². The van der Waals surface area contributed by atoms with Gasteiger partial charge in [0, 0.05) is 11.1 Å². The van der Waals surface area contributed by atoms with Gasteiger partial charge in [-0.1, -0.05) is 48.0 Å². The lowest BCUT2D eigenvalue weighted by Crippen LogP contribution is -1.87. The first-order valence-corrected chi connectivity index (χ1v) is 6.23. The predicted molar refractivity (Wildman–Crippen MR) is 78.0 cm³/mol. The van der Waals surface area contributed by atoms with Crippen LogP contribution in [0.1, 0.15) is 18.1 Å². The van der Waals surface area contributed by atoms with Gasteiger partial charge in [0.25, 0.3) is 0 Å². The number of phenols is 1. The summed E-state index contributed by atoms with van der Waals surface area (Å²) in [6, 6.07) is 11.5. The summed E-state index contributed by atoms with van der Waals surface area (Å²) >= 11 is 6.22. The topological polar surface area (TPSA) is 20.2 Å². The Morgan fingerprint density at radius 2 is 1.83 bits per heavy atom. The smallest absolute Gasteiger partial charge is 0.132 e. The molecule has 0 aliphatic heterocycles. The van der Waals surface area contributed by atoms with E-state index in [0.29, 0.717) is 10.6 Å². The molecule has 2 aromatic carbocycles. The number of benzene rings is 2. The fourth-order valence-electron chi connectivity index (χ4n) is 2.01. The zero-order valence-electron chi connectivity index (χ0n) is 10.4. The van der Waals surface area contributed by atoms with E-state index in [1.807, 2.05) is 62.4 Å². The third-order valence-corrected chi connectivity index (χ3v) is 3.23. The van der Waals surface area contributed by atoms with Crippen LogP contribution in [0.25, 0.3) is 17.2 Å². The molecule has 2 heteroatoms. The lowest BCUT2D eigenvalue weighted by molar-refractivity contribution is 0.476. The zero-order chi connectivity index (χ0) is 13.1. The Hall–Kier alpha value is -1.73. The Kier molecular flexibility index (Phi) is 3.73. The summed E-state index contributed by atoms with van der Waals surface area (Å²) in [7, 11) is 0. The molecule has 0 aromatic heterocycles. The Morgan fingerprint density at radius 3 is 2.50 bits per heavy atom. The maximum atomic E-state index is 10.3. The minimum absolute atomic E-state index is 0.231. The third kappa shape index (κ3) is 2.27. The van der Waals surface area contributed by atoms with Gasteiger partial charge in [-0.3, -0.25) is 0 Å². The van der Waals surface area contributed by atoms with Gasteiger partial charge in [-0.05, 0) is 37.1 Å². The fourth-order valence-corrected chi connectivity index (χ4v) is 2.26. The molecule has 0 atom stereocenters. The Bertz CT molecular complexity index is 600. The van der Waals surface area contributed by atoms with Crippen LogP contribution in [0.3, 0.4) is 0 Å².